The summed E-state index contributed by atoms with van der Waals surface area (Å²) < 4.78 is 8.89. The first kappa shape index (κ1) is 20.0. The standard InChI is InChI=1S/C31H20N2OS/c1-2-10-21(11-3-1)23-12-4-7-15-27(23)33(31-32-26-14-6-8-16-28(26)34-31)22-18-19-30-25(20-22)24-13-5-9-17-29(24)35-30/h1-20H. The van der Waals surface area contributed by atoms with E-state index < -0.39 is 0 Å². The maximum absolute atomic E-state index is 6.33. The van der Waals surface area contributed by atoms with Crippen LogP contribution in [0.3, 0.4) is 0 Å². The molecule has 0 saturated carbocycles. The molecular formula is C31H20N2OS. The molecule has 3 nitrogen and oxygen atoms in total. The van der Waals surface area contributed by atoms with E-state index in [0.29, 0.717) is 6.01 Å². The van der Waals surface area contributed by atoms with E-state index in [0.717, 1.165) is 33.6 Å². The van der Waals surface area contributed by atoms with E-state index in [-0.39, 0.29) is 0 Å². The quantitative estimate of drug-likeness (QED) is 0.258. The average molecular weight is 469 g/mol. The summed E-state index contributed by atoms with van der Waals surface area (Å²) >= 11 is 1.82. The van der Waals surface area contributed by atoms with Crippen LogP contribution in [0.25, 0.3) is 42.4 Å². The second kappa shape index (κ2) is 8.12. The predicted molar refractivity (Wildman–Crippen MR) is 147 cm³/mol. The van der Waals surface area contributed by atoms with Gasteiger partial charge < -0.3 is 4.42 Å². The molecule has 0 bridgehead atoms. The lowest BCUT2D eigenvalue weighted by Crippen LogP contribution is -2.11. The molecule has 0 aliphatic heterocycles. The fraction of sp³-hybridized carbons (Fsp3) is 0. The zero-order chi connectivity index (χ0) is 23.2. The Kier molecular flexibility index (Phi) is 4.64. The third kappa shape index (κ3) is 3.38. The van der Waals surface area contributed by atoms with E-state index in [4.69, 9.17) is 9.40 Å². The summed E-state index contributed by atoms with van der Waals surface area (Å²) in [5, 5.41) is 2.50. The van der Waals surface area contributed by atoms with Crippen LogP contribution in [0, 0.1) is 0 Å². The highest BCUT2D eigenvalue weighted by Gasteiger charge is 2.22. The van der Waals surface area contributed by atoms with Crippen LogP contribution in [0.15, 0.2) is 126 Å². The number of rotatable bonds is 4. The Morgan fingerprint density at radius 3 is 2.29 bits per heavy atom. The molecule has 2 aromatic heterocycles. The summed E-state index contributed by atoms with van der Waals surface area (Å²) in [7, 11) is 0. The van der Waals surface area contributed by atoms with E-state index in [1.807, 2.05) is 41.7 Å². The molecule has 35 heavy (non-hydrogen) atoms. The summed E-state index contributed by atoms with van der Waals surface area (Å²) in [4.78, 5) is 7.03. The Morgan fingerprint density at radius 2 is 1.37 bits per heavy atom. The van der Waals surface area contributed by atoms with Crippen LogP contribution in [0.5, 0.6) is 0 Å². The molecule has 0 amide bonds. The second-order valence-electron chi connectivity index (χ2n) is 8.46. The highest BCUT2D eigenvalue weighted by molar-refractivity contribution is 7.25. The van der Waals surface area contributed by atoms with Gasteiger partial charge in [-0.05, 0) is 48.0 Å². The van der Waals surface area contributed by atoms with Crippen molar-refractivity contribution >= 4 is 60.0 Å². The van der Waals surface area contributed by atoms with Crippen LogP contribution >= 0.6 is 11.3 Å². The van der Waals surface area contributed by atoms with Crippen molar-refractivity contribution in [2.75, 3.05) is 4.90 Å². The van der Waals surface area contributed by atoms with Gasteiger partial charge in [-0.1, -0.05) is 78.9 Å². The first-order valence-electron chi connectivity index (χ1n) is 11.6. The molecule has 0 aliphatic rings. The van der Waals surface area contributed by atoms with Crippen molar-refractivity contribution in [3.63, 3.8) is 0 Å². The van der Waals surface area contributed by atoms with Crippen molar-refractivity contribution in [2.45, 2.75) is 0 Å². The third-order valence-corrected chi connectivity index (χ3v) is 7.47. The van der Waals surface area contributed by atoms with Gasteiger partial charge in [0, 0.05) is 25.7 Å². The molecule has 0 aliphatic carbocycles. The second-order valence-corrected chi connectivity index (χ2v) is 9.55. The van der Waals surface area contributed by atoms with Gasteiger partial charge in [-0.15, -0.1) is 11.3 Å². The van der Waals surface area contributed by atoms with Gasteiger partial charge in [0.1, 0.15) is 5.52 Å². The minimum Gasteiger partial charge on any atom is -0.423 e. The smallest absolute Gasteiger partial charge is 0.307 e. The minimum absolute atomic E-state index is 0.550. The molecular weight excluding hydrogens is 448 g/mol. The molecule has 7 rings (SSSR count). The number of nitrogens with zero attached hydrogens (tertiary/aromatic N) is 2. The van der Waals surface area contributed by atoms with Gasteiger partial charge >= 0.3 is 6.01 Å². The zero-order valence-corrected chi connectivity index (χ0v) is 19.6. The molecule has 0 radical (unpaired) electrons. The fourth-order valence-corrected chi connectivity index (χ4v) is 5.78. The lowest BCUT2D eigenvalue weighted by Gasteiger charge is -2.24. The van der Waals surface area contributed by atoms with E-state index in [1.54, 1.807) is 0 Å². The van der Waals surface area contributed by atoms with Gasteiger partial charge in [0.15, 0.2) is 5.58 Å². The first-order valence-corrected chi connectivity index (χ1v) is 12.4. The Hall–Kier alpha value is -4.41. The number of hydrogen-bond donors (Lipinski definition) is 0. The molecule has 0 atom stereocenters. The number of hydrogen-bond acceptors (Lipinski definition) is 4. The van der Waals surface area contributed by atoms with Gasteiger partial charge in [0.2, 0.25) is 0 Å². The van der Waals surface area contributed by atoms with Gasteiger partial charge in [0.25, 0.3) is 0 Å². The van der Waals surface area contributed by atoms with Crippen molar-refractivity contribution in [3.8, 4) is 11.1 Å². The molecule has 0 unspecified atom stereocenters. The number of oxazole rings is 1. The van der Waals surface area contributed by atoms with Crippen LogP contribution in [0.4, 0.5) is 17.4 Å². The highest BCUT2D eigenvalue weighted by atomic mass is 32.1. The zero-order valence-electron chi connectivity index (χ0n) is 18.8. The molecule has 0 saturated heterocycles. The van der Waals surface area contributed by atoms with Crippen molar-refractivity contribution in [1.29, 1.82) is 0 Å². The number of benzene rings is 5. The number of aromatic nitrogens is 1. The molecule has 0 fully saturated rings. The van der Waals surface area contributed by atoms with Crippen molar-refractivity contribution < 1.29 is 4.42 Å². The number of para-hydroxylation sites is 3. The third-order valence-electron chi connectivity index (χ3n) is 6.32. The van der Waals surface area contributed by atoms with Crippen LogP contribution in [0.2, 0.25) is 0 Å². The lowest BCUT2D eigenvalue weighted by atomic mass is 10.0. The van der Waals surface area contributed by atoms with Crippen LogP contribution in [0.1, 0.15) is 0 Å². The fourth-order valence-electron chi connectivity index (χ4n) is 4.69. The van der Waals surface area contributed by atoms with E-state index in [9.17, 15) is 0 Å². The first-order chi connectivity index (χ1) is 17.3. The van der Waals surface area contributed by atoms with Crippen molar-refractivity contribution in [1.82, 2.24) is 4.98 Å². The Morgan fingerprint density at radius 1 is 0.629 bits per heavy atom. The molecule has 4 heteroatoms. The highest BCUT2D eigenvalue weighted by Crippen LogP contribution is 2.43. The Labute approximate surface area is 206 Å². The number of anilines is 3. The van der Waals surface area contributed by atoms with Gasteiger partial charge in [-0.3, -0.25) is 4.90 Å². The van der Waals surface area contributed by atoms with E-state index in [1.165, 1.54) is 20.2 Å². The topological polar surface area (TPSA) is 29.3 Å². The molecule has 0 spiro atoms. The van der Waals surface area contributed by atoms with Gasteiger partial charge in [-0.25, -0.2) is 0 Å². The summed E-state index contributed by atoms with van der Waals surface area (Å²) in [6.45, 7) is 0. The monoisotopic (exact) mass is 468 g/mol. The van der Waals surface area contributed by atoms with Crippen LogP contribution < -0.4 is 4.90 Å². The van der Waals surface area contributed by atoms with Crippen LogP contribution in [-0.2, 0) is 0 Å². The average Bonchev–Trinajstić information content (AvgIpc) is 3.51. The van der Waals surface area contributed by atoms with Crippen molar-refractivity contribution in [3.05, 3.63) is 121 Å². The van der Waals surface area contributed by atoms with Gasteiger partial charge in [-0.2, -0.15) is 4.98 Å². The Balaban J connectivity index is 1.50. The molecule has 5 aromatic carbocycles. The van der Waals surface area contributed by atoms with E-state index in [2.05, 4.69) is 95.9 Å². The summed E-state index contributed by atoms with van der Waals surface area (Å²) in [5.41, 5.74) is 5.90. The van der Waals surface area contributed by atoms with Gasteiger partial charge in [0.05, 0.1) is 11.4 Å². The normalized spacial score (nSPS) is 11.4. The number of thiophene rings is 1. The predicted octanol–water partition coefficient (Wildman–Crippen LogP) is 9.33. The Bertz CT molecular complexity index is 1780. The molecule has 0 N–H and O–H groups in total. The summed E-state index contributed by atoms with van der Waals surface area (Å²) in [6.07, 6.45) is 0. The maximum atomic E-state index is 6.33. The molecule has 2 heterocycles. The SMILES string of the molecule is c1ccc(-c2ccccc2N(c2ccc3sc4ccccc4c3c2)c2nc3ccccc3o2)cc1. The lowest BCUT2D eigenvalue weighted by molar-refractivity contribution is 0.608. The van der Waals surface area contributed by atoms with E-state index >= 15 is 0 Å². The summed E-state index contributed by atoms with van der Waals surface area (Å²) in [6, 6.07) is 42.5. The largest absolute Gasteiger partial charge is 0.423 e. The maximum Gasteiger partial charge on any atom is 0.307 e. The minimum atomic E-state index is 0.550. The molecule has 166 valence electrons. The number of fused-ring (bicyclic) bond motifs is 4. The molecule has 7 aromatic rings. The van der Waals surface area contributed by atoms with Crippen LogP contribution in [-0.4, -0.2) is 4.98 Å². The summed E-state index contributed by atoms with van der Waals surface area (Å²) in [5.74, 6) is 0. The van der Waals surface area contributed by atoms with Crippen molar-refractivity contribution in [2.24, 2.45) is 0 Å².